The highest BCUT2D eigenvalue weighted by molar-refractivity contribution is 6.05. The minimum Gasteiger partial charge on any atom is -0.379 e. The van der Waals surface area contributed by atoms with Gasteiger partial charge in [-0.15, -0.1) is 0 Å². The summed E-state index contributed by atoms with van der Waals surface area (Å²) in [5.41, 5.74) is 2.53. The average molecular weight is 368 g/mol. The Kier molecular flexibility index (Phi) is 6.51. The van der Waals surface area contributed by atoms with E-state index < -0.39 is 0 Å². The molecule has 7 nitrogen and oxygen atoms in total. The van der Waals surface area contributed by atoms with E-state index in [1.54, 1.807) is 6.07 Å². The van der Waals surface area contributed by atoms with E-state index in [9.17, 15) is 9.59 Å². The molecule has 1 saturated heterocycles. The summed E-state index contributed by atoms with van der Waals surface area (Å²) >= 11 is 0. The summed E-state index contributed by atoms with van der Waals surface area (Å²) in [6, 6.07) is 9.07. The van der Waals surface area contributed by atoms with E-state index >= 15 is 0 Å². The van der Waals surface area contributed by atoms with Crippen LogP contribution in [0.4, 0.5) is 5.69 Å². The molecule has 0 atom stereocenters. The number of pyridine rings is 1. The number of nitrogens with one attached hydrogen (secondary N) is 2. The minimum absolute atomic E-state index is 0.235. The first-order valence-electron chi connectivity index (χ1n) is 9.03. The van der Waals surface area contributed by atoms with Gasteiger partial charge < -0.3 is 15.4 Å². The summed E-state index contributed by atoms with van der Waals surface area (Å²) in [6.45, 7) is 6.52. The van der Waals surface area contributed by atoms with Gasteiger partial charge in [-0.25, -0.2) is 0 Å². The van der Waals surface area contributed by atoms with Gasteiger partial charge in [-0.05, 0) is 25.1 Å². The maximum Gasteiger partial charge on any atom is 0.257 e. The second kappa shape index (κ2) is 9.25. The second-order valence-corrected chi connectivity index (χ2v) is 6.49. The summed E-state index contributed by atoms with van der Waals surface area (Å²) < 4.78 is 5.31. The lowest BCUT2D eigenvalue weighted by molar-refractivity contribution is 0.0383. The molecule has 1 aromatic carbocycles. The molecule has 0 saturated carbocycles. The predicted molar refractivity (Wildman–Crippen MR) is 103 cm³/mol. The zero-order chi connectivity index (χ0) is 19.1. The van der Waals surface area contributed by atoms with Gasteiger partial charge in [0.25, 0.3) is 11.8 Å². The Morgan fingerprint density at radius 2 is 1.74 bits per heavy atom. The molecule has 2 heterocycles. The predicted octanol–water partition coefficient (Wildman–Crippen LogP) is 1.70. The van der Waals surface area contributed by atoms with Gasteiger partial charge in [-0.2, -0.15) is 0 Å². The van der Waals surface area contributed by atoms with Crippen molar-refractivity contribution in [3.63, 3.8) is 0 Å². The van der Waals surface area contributed by atoms with Gasteiger partial charge in [0.15, 0.2) is 0 Å². The molecule has 142 valence electrons. The van der Waals surface area contributed by atoms with E-state index in [1.807, 2.05) is 31.2 Å². The first-order valence-corrected chi connectivity index (χ1v) is 9.03. The second-order valence-electron chi connectivity index (χ2n) is 6.49. The van der Waals surface area contributed by atoms with Crippen molar-refractivity contribution in [1.29, 1.82) is 0 Å². The van der Waals surface area contributed by atoms with E-state index in [0.717, 1.165) is 38.4 Å². The Morgan fingerprint density at radius 1 is 1.07 bits per heavy atom. The molecule has 0 aliphatic carbocycles. The number of ether oxygens (including phenoxy) is 1. The van der Waals surface area contributed by atoms with Crippen LogP contribution in [0.3, 0.4) is 0 Å². The van der Waals surface area contributed by atoms with Crippen molar-refractivity contribution in [2.75, 3.05) is 44.7 Å². The number of hydrogen-bond acceptors (Lipinski definition) is 5. The van der Waals surface area contributed by atoms with Crippen molar-refractivity contribution < 1.29 is 14.3 Å². The molecule has 27 heavy (non-hydrogen) atoms. The smallest absolute Gasteiger partial charge is 0.257 e. The van der Waals surface area contributed by atoms with Crippen molar-refractivity contribution in [2.24, 2.45) is 0 Å². The quantitative estimate of drug-likeness (QED) is 0.811. The Balaban J connectivity index is 1.54. The molecule has 2 aromatic rings. The van der Waals surface area contributed by atoms with Gasteiger partial charge in [-0.3, -0.25) is 19.5 Å². The fourth-order valence-corrected chi connectivity index (χ4v) is 2.78. The molecule has 2 N–H and O–H groups in total. The van der Waals surface area contributed by atoms with Crippen molar-refractivity contribution in [2.45, 2.75) is 6.92 Å². The maximum atomic E-state index is 12.4. The Labute approximate surface area is 158 Å². The molecule has 1 fully saturated rings. The van der Waals surface area contributed by atoms with Gasteiger partial charge in [0.2, 0.25) is 0 Å². The number of rotatable bonds is 6. The molecule has 3 rings (SSSR count). The number of morpholine rings is 1. The summed E-state index contributed by atoms with van der Waals surface area (Å²) in [5.74, 6) is -0.532. The van der Waals surface area contributed by atoms with Crippen molar-refractivity contribution >= 4 is 17.5 Å². The fourth-order valence-electron chi connectivity index (χ4n) is 2.78. The minimum atomic E-state index is -0.297. The SMILES string of the molecule is Cc1ccc(NC(=O)c2cncc(C(=O)NCCN3CCOCC3)c2)cc1. The van der Waals surface area contributed by atoms with Gasteiger partial charge in [-0.1, -0.05) is 17.7 Å². The number of amides is 2. The van der Waals surface area contributed by atoms with Crippen molar-refractivity contribution in [1.82, 2.24) is 15.2 Å². The highest BCUT2D eigenvalue weighted by Crippen LogP contribution is 2.11. The Bertz CT molecular complexity index is 786. The molecule has 7 heteroatoms. The molecule has 0 bridgehead atoms. The number of benzene rings is 1. The molecule has 0 radical (unpaired) electrons. The third-order valence-corrected chi connectivity index (χ3v) is 4.39. The Morgan fingerprint density at radius 3 is 2.44 bits per heavy atom. The van der Waals surface area contributed by atoms with Crippen LogP contribution in [-0.2, 0) is 4.74 Å². The molecule has 1 aliphatic heterocycles. The molecule has 0 unspecified atom stereocenters. The first-order chi connectivity index (χ1) is 13.1. The molecular formula is C20H24N4O3. The van der Waals surface area contributed by atoms with Crippen LogP contribution in [0.2, 0.25) is 0 Å². The van der Waals surface area contributed by atoms with E-state index in [4.69, 9.17) is 4.74 Å². The lowest BCUT2D eigenvalue weighted by Gasteiger charge is -2.26. The van der Waals surface area contributed by atoms with Crippen LogP contribution in [-0.4, -0.2) is 61.1 Å². The van der Waals surface area contributed by atoms with Crippen LogP contribution >= 0.6 is 0 Å². The summed E-state index contributed by atoms with van der Waals surface area (Å²) in [4.78, 5) is 31.0. The summed E-state index contributed by atoms with van der Waals surface area (Å²) in [7, 11) is 0. The normalized spacial score (nSPS) is 14.6. The number of carbonyl (C=O) groups is 2. The van der Waals surface area contributed by atoms with E-state index in [0.29, 0.717) is 23.4 Å². The highest BCUT2D eigenvalue weighted by atomic mass is 16.5. The largest absolute Gasteiger partial charge is 0.379 e. The molecule has 0 spiro atoms. The van der Waals surface area contributed by atoms with Crippen molar-refractivity contribution in [3.8, 4) is 0 Å². The Hall–Kier alpha value is -2.77. The van der Waals surface area contributed by atoms with Crippen LogP contribution < -0.4 is 10.6 Å². The van der Waals surface area contributed by atoms with E-state index in [1.165, 1.54) is 12.4 Å². The van der Waals surface area contributed by atoms with Crippen LogP contribution in [0.15, 0.2) is 42.7 Å². The highest BCUT2D eigenvalue weighted by Gasteiger charge is 2.13. The fraction of sp³-hybridized carbons (Fsp3) is 0.350. The van der Waals surface area contributed by atoms with Crippen LogP contribution in [0.25, 0.3) is 0 Å². The number of aryl methyl sites for hydroxylation is 1. The number of carbonyl (C=O) groups excluding carboxylic acids is 2. The van der Waals surface area contributed by atoms with E-state index in [2.05, 4.69) is 20.5 Å². The maximum absolute atomic E-state index is 12.4. The van der Waals surface area contributed by atoms with Crippen LogP contribution in [0, 0.1) is 6.92 Å². The number of anilines is 1. The lowest BCUT2D eigenvalue weighted by Crippen LogP contribution is -2.41. The van der Waals surface area contributed by atoms with Gasteiger partial charge in [0.05, 0.1) is 24.3 Å². The van der Waals surface area contributed by atoms with Gasteiger partial charge in [0, 0.05) is 44.3 Å². The monoisotopic (exact) mass is 368 g/mol. The van der Waals surface area contributed by atoms with Crippen LogP contribution in [0.1, 0.15) is 26.3 Å². The summed E-state index contributed by atoms with van der Waals surface area (Å²) in [5, 5.41) is 5.68. The third-order valence-electron chi connectivity index (χ3n) is 4.39. The zero-order valence-electron chi connectivity index (χ0n) is 15.4. The third kappa shape index (κ3) is 5.60. The average Bonchev–Trinajstić information content (AvgIpc) is 2.70. The first kappa shape index (κ1) is 19.0. The molecular weight excluding hydrogens is 344 g/mol. The van der Waals surface area contributed by atoms with E-state index in [-0.39, 0.29) is 11.8 Å². The van der Waals surface area contributed by atoms with Crippen molar-refractivity contribution in [3.05, 3.63) is 59.4 Å². The number of hydrogen-bond donors (Lipinski definition) is 2. The molecule has 1 aliphatic rings. The number of aromatic nitrogens is 1. The van der Waals surface area contributed by atoms with Crippen LogP contribution in [0.5, 0.6) is 0 Å². The summed E-state index contributed by atoms with van der Waals surface area (Å²) in [6.07, 6.45) is 2.92. The molecule has 2 amide bonds. The van der Waals surface area contributed by atoms with Gasteiger partial charge >= 0.3 is 0 Å². The zero-order valence-corrected chi connectivity index (χ0v) is 15.4. The lowest BCUT2D eigenvalue weighted by atomic mass is 10.1. The number of nitrogens with zero attached hydrogens (tertiary/aromatic N) is 2. The van der Waals surface area contributed by atoms with Gasteiger partial charge in [0.1, 0.15) is 0 Å². The molecule has 1 aromatic heterocycles. The standard InChI is InChI=1S/C20H24N4O3/c1-15-2-4-18(5-3-15)23-20(26)17-12-16(13-21-14-17)19(25)22-6-7-24-8-10-27-11-9-24/h2-5,12-14H,6-11H2,1H3,(H,22,25)(H,23,26). The topological polar surface area (TPSA) is 83.6 Å².